The molecule has 3 heterocycles. The maximum atomic E-state index is 14.0. The Balaban J connectivity index is 1.63. The van der Waals surface area contributed by atoms with E-state index in [1.54, 1.807) is 20.8 Å². The van der Waals surface area contributed by atoms with E-state index in [-0.39, 0.29) is 18.9 Å². The molecule has 2 aliphatic heterocycles. The van der Waals surface area contributed by atoms with Crippen molar-refractivity contribution in [1.82, 2.24) is 35.7 Å². The first-order valence-electron chi connectivity index (χ1n) is 14.2. The number of hydrogen-bond acceptors (Lipinski definition) is 8. The Morgan fingerprint density at radius 2 is 2.02 bits per heavy atom. The van der Waals surface area contributed by atoms with Crippen molar-refractivity contribution in [3.05, 3.63) is 18.0 Å². The molecule has 220 valence electrons. The number of tetrazole rings is 1. The lowest BCUT2D eigenvalue weighted by molar-refractivity contribution is -0.145. The molecule has 3 aliphatic rings. The molecular weight excluding hydrogens is 518 g/mol. The Bertz CT molecular complexity index is 1140. The number of hydrogen-bond donors (Lipinski definition) is 3. The van der Waals surface area contributed by atoms with Crippen LogP contribution in [0.25, 0.3) is 0 Å². The molecule has 0 unspecified atom stereocenters. The van der Waals surface area contributed by atoms with Crippen LogP contribution in [-0.4, -0.2) is 83.9 Å². The van der Waals surface area contributed by atoms with Gasteiger partial charge in [0.1, 0.15) is 23.2 Å². The third kappa shape index (κ3) is 6.79. The van der Waals surface area contributed by atoms with Gasteiger partial charge in [-0.15, -0.1) is 10.2 Å². The average molecular weight is 560 g/mol. The monoisotopic (exact) mass is 559 g/mol. The molecule has 1 saturated carbocycles. The lowest BCUT2D eigenvalue weighted by atomic mass is 10.0. The summed E-state index contributed by atoms with van der Waals surface area (Å²) in [5, 5.41) is 28.2. The smallest absolute Gasteiger partial charge is 0.408 e. The zero-order chi connectivity index (χ0) is 29.1. The zero-order valence-electron chi connectivity index (χ0n) is 23.8. The molecule has 40 heavy (non-hydrogen) atoms. The molecule has 13 nitrogen and oxygen atoms in total. The highest BCUT2D eigenvalue weighted by molar-refractivity contribution is 5.96. The Kier molecular flexibility index (Phi) is 8.79. The van der Waals surface area contributed by atoms with Crippen molar-refractivity contribution in [1.29, 1.82) is 0 Å². The van der Waals surface area contributed by atoms with E-state index in [0.29, 0.717) is 31.5 Å². The second kappa shape index (κ2) is 11.9. The maximum Gasteiger partial charge on any atom is 0.408 e. The topological polar surface area (TPSA) is 169 Å². The van der Waals surface area contributed by atoms with Crippen molar-refractivity contribution in [2.75, 3.05) is 6.54 Å². The molecule has 2 fully saturated rings. The predicted molar refractivity (Wildman–Crippen MR) is 143 cm³/mol. The number of rotatable bonds is 5. The molecule has 13 heteroatoms. The van der Waals surface area contributed by atoms with Gasteiger partial charge in [0.05, 0.1) is 6.04 Å². The number of alkyl carbamates (subject to hydrolysis) is 1. The predicted octanol–water partition coefficient (Wildman–Crippen LogP) is 2.14. The van der Waals surface area contributed by atoms with Gasteiger partial charge in [-0.1, -0.05) is 31.9 Å². The molecule has 1 aromatic rings. The minimum atomic E-state index is -1.39. The van der Waals surface area contributed by atoms with Gasteiger partial charge in [-0.05, 0) is 58.1 Å². The molecule has 5 atom stereocenters. The van der Waals surface area contributed by atoms with Crippen molar-refractivity contribution in [3.63, 3.8) is 0 Å². The third-order valence-corrected chi connectivity index (χ3v) is 7.60. The first kappa shape index (κ1) is 29.5. The summed E-state index contributed by atoms with van der Waals surface area (Å²) >= 11 is 0. The van der Waals surface area contributed by atoms with Gasteiger partial charge in [-0.2, -0.15) is 4.80 Å². The fourth-order valence-electron chi connectivity index (χ4n) is 5.43. The van der Waals surface area contributed by atoms with Crippen LogP contribution in [0.2, 0.25) is 0 Å². The second-order valence-electron chi connectivity index (χ2n) is 12.0. The zero-order valence-corrected chi connectivity index (χ0v) is 23.8. The molecule has 3 amide bonds. The van der Waals surface area contributed by atoms with Crippen molar-refractivity contribution in [2.24, 2.45) is 5.92 Å². The number of ether oxygens (including phenoxy) is 1. The van der Waals surface area contributed by atoms with Crippen LogP contribution in [0.15, 0.2) is 12.2 Å². The second-order valence-corrected chi connectivity index (χ2v) is 12.0. The van der Waals surface area contributed by atoms with E-state index in [1.165, 1.54) is 9.70 Å². The van der Waals surface area contributed by atoms with Gasteiger partial charge in [0.25, 0.3) is 0 Å². The fraction of sp³-hybridized carbons (Fsp3) is 0.741. The number of amides is 3. The molecule has 1 aliphatic carbocycles. The number of carboxylic acid groups (broad SMARTS) is 1. The number of carbonyl (C=O) groups excluding carboxylic acids is 3. The third-order valence-electron chi connectivity index (χ3n) is 7.60. The number of carbonyl (C=O) groups is 4. The number of allylic oxidation sites excluding steroid dienone is 1. The number of nitrogens with zero attached hydrogens (tertiary/aromatic N) is 5. The highest BCUT2D eigenvalue weighted by Crippen LogP contribution is 2.45. The molecule has 4 rings (SSSR count). The lowest BCUT2D eigenvalue weighted by Gasteiger charge is -2.30. The molecule has 3 N–H and O–H groups in total. The van der Waals surface area contributed by atoms with Gasteiger partial charge in [-0.25, -0.2) is 9.59 Å². The Labute approximate surface area is 234 Å². The molecule has 1 aromatic heterocycles. The van der Waals surface area contributed by atoms with Crippen LogP contribution in [0.4, 0.5) is 4.79 Å². The summed E-state index contributed by atoms with van der Waals surface area (Å²) in [5.41, 5.74) is -2.14. The first-order chi connectivity index (χ1) is 18.9. The van der Waals surface area contributed by atoms with E-state index in [0.717, 1.165) is 25.7 Å². The first-order valence-corrected chi connectivity index (χ1v) is 14.2. The number of nitrogens with one attached hydrogen (secondary N) is 2. The minimum Gasteiger partial charge on any atom is -0.479 e. The van der Waals surface area contributed by atoms with Gasteiger partial charge in [0.15, 0.2) is 5.82 Å². The van der Waals surface area contributed by atoms with Crippen LogP contribution in [0.1, 0.15) is 90.9 Å². The summed E-state index contributed by atoms with van der Waals surface area (Å²) < 4.78 is 5.42. The van der Waals surface area contributed by atoms with Gasteiger partial charge >= 0.3 is 12.1 Å². The summed E-state index contributed by atoms with van der Waals surface area (Å²) in [6.07, 6.45) is 8.60. The SMILES string of the molecule is CCCc1nnn([C@H]2C[C@H]3C(=O)N[C@@]4(C(=O)O)C[C@H]4/C=C\CCCCC[C@@H](NC(=O)OC(C)(C)C)C(=O)N3C2)n1. The summed E-state index contributed by atoms with van der Waals surface area (Å²) in [4.78, 5) is 55.4. The van der Waals surface area contributed by atoms with E-state index >= 15 is 0 Å². The van der Waals surface area contributed by atoms with E-state index in [9.17, 15) is 24.3 Å². The van der Waals surface area contributed by atoms with Gasteiger partial charge < -0.3 is 25.4 Å². The van der Waals surface area contributed by atoms with Crippen molar-refractivity contribution in [3.8, 4) is 0 Å². The maximum absolute atomic E-state index is 14.0. The van der Waals surface area contributed by atoms with Gasteiger partial charge in [0.2, 0.25) is 11.8 Å². The van der Waals surface area contributed by atoms with Gasteiger partial charge in [-0.3, -0.25) is 9.59 Å². The molecule has 1 saturated heterocycles. The molecular formula is C27H41N7O6. The van der Waals surface area contributed by atoms with Crippen LogP contribution < -0.4 is 10.6 Å². The number of carboxylic acids is 1. The van der Waals surface area contributed by atoms with Crippen LogP contribution in [-0.2, 0) is 25.5 Å². The largest absolute Gasteiger partial charge is 0.479 e. The summed E-state index contributed by atoms with van der Waals surface area (Å²) in [6, 6.07) is -2.31. The minimum absolute atomic E-state index is 0.120. The van der Waals surface area contributed by atoms with Crippen LogP contribution >= 0.6 is 0 Å². The number of fused-ring (bicyclic) bond motifs is 2. The number of aliphatic carboxylic acids is 1. The standard InChI is InChI=1S/C27H41N7O6/c1-5-11-21-30-32-34(31-21)18-14-20-22(35)29-27(24(37)38)15-17(27)12-9-7-6-8-10-13-19(23(36)33(20)16-18)28-25(39)40-26(2,3)4/h9,12,17-20H,5-8,10-11,13-16H2,1-4H3,(H,28,39)(H,29,35)(H,37,38)/b12-9-/t17-,18+,19-,20+,27+/m1/s1. The number of aromatic nitrogens is 4. The highest BCUT2D eigenvalue weighted by atomic mass is 16.6. The molecule has 0 radical (unpaired) electrons. The van der Waals surface area contributed by atoms with E-state index < -0.39 is 53.1 Å². The van der Waals surface area contributed by atoms with E-state index in [4.69, 9.17) is 4.74 Å². The Morgan fingerprint density at radius 1 is 1.25 bits per heavy atom. The normalized spacial score (nSPS) is 30.2. The molecule has 0 aromatic carbocycles. The molecule has 0 spiro atoms. The fourth-order valence-corrected chi connectivity index (χ4v) is 5.43. The summed E-state index contributed by atoms with van der Waals surface area (Å²) in [5.74, 6) is -1.81. The van der Waals surface area contributed by atoms with E-state index in [2.05, 4.69) is 26.0 Å². The molecule has 0 bridgehead atoms. The average Bonchev–Trinajstić information content (AvgIpc) is 3.18. The number of aryl methyl sites for hydroxylation is 1. The Hall–Kier alpha value is -3.51. The van der Waals surface area contributed by atoms with Crippen LogP contribution in [0.5, 0.6) is 0 Å². The summed E-state index contributed by atoms with van der Waals surface area (Å²) in [6.45, 7) is 7.35. The van der Waals surface area contributed by atoms with Crippen LogP contribution in [0.3, 0.4) is 0 Å². The quantitative estimate of drug-likeness (QED) is 0.458. The van der Waals surface area contributed by atoms with E-state index in [1.807, 2.05) is 19.1 Å². The van der Waals surface area contributed by atoms with Crippen molar-refractivity contribution < 1.29 is 29.0 Å². The lowest BCUT2D eigenvalue weighted by Crippen LogP contribution is -2.56. The van der Waals surface area contributed by atoms with Crippen LogP contribution in [0, 0.1) is 5.92 Å². The van der Waals surface area contributed by atoms with Gasteiger partial charge in [0, 0.05) is 25.3 Å². The van der Waals surface area contributed by atoms with Crippen molar-refractivity contribution in [2.45, 2.75) is 115 Å². The summed E-state index contributed by atoms with van der Waals surface area (Å²) in [7, 11) is 0. The highest BCUT2D eigenvalue weighted by Gasteiger charge is 2.61. The van der Waals surface area contributed by atoms with Crippen molar-refractivity contribution >= 4 is 23.9 Å². The Morgan fingerprint density at radius 3 is 2.73 bits per heavy atom.